The number of para-hydroxylation sites is 1. The van der Waals surface area contributed by atoms with Gasteiger partial charge in [0.1, 0.15) is 42.3 Å². The number of aromatic amines is 2. The zero-order valence-corrected chi connectivity index (χ0v) is 45.2. The van der Waals surface area contributed by atoms with Crippen molar-refractivity contribution in [2.75, 3.05) is 19.6 Å². The van der Waals surface area contributed by atoms with E-state index in [0.29, 0.717) is 42.5 Å². The third-order valence-electron chi connectivity index (χ3n) is 13.2. The lowest BCUT2D eigenvalue weighted by atomic mass is 10.0. The van der Waals surface area contributed by atoms with E-state index in [4.69, 9.17) is 17.2 Å². The van der Waals surface area contributed by atoms with Gasteiger partial charge in [-0.15, -0.1) is 0 Å². The molecule has 1 aliphatic rings. The fourth-order valence-corrected chi connectivity index (χ4v) is 8.97. The average molecular weight is 1110 g/mol. The lowest BCUT2D eigenvalue weighted by Crippen LogP contribution is -2.60. The van der Waals surface area contributed by atoms with Crippen LogP contribution in [0.1, 0.15) is 101 Å². The lowest BCUT2D eigenvalue weighted by Gasteiger charge is -2.28. The number of H-pyrrole nitrogens is 2. The third kappa shape index (κ3) is 20.8. The molecule has 3 heterocycles. The summed E-state index contributed by atoms with van der Waals surface area (Å²) in [5, 5.41) is 25.2. The van der Waals surface area contributed by atoms with Gasteiger partial charge in [-0.1, -0.05) is 68.3 Å². The molecule has 432 valence electrons. The molecule has 80 heavy (non-hydrogen) atoms. The van der Waals surface area contributed by atoms with E-state index >= 15 is 0 Å². The summed E-state index contributed by atoms with van der Waals surface area (Å²) < 4.78 is 0. The number of nitrogens with zero attached hydrogens (tertiary/aromatic N) is 2. The average Bonchev–Trinajstić information content (AvgIpc) is 4.10. The highest BCUT2D eigenvalue weighted by molar-refractivity contribution is 5.99. The largest absolute Gasteiger partial charge is 0.370 e. The molecule has 10 amide bonds. The quantitative estimate of drug-likeness (QED) is 0.0331. The molecule has 0 saturated carbocycles. The molecule has 5 rings (SSSR count). The van der Waals surface area contributed by atoms with Crippen LogP contribution in [0.2, 0.25) is 0 Å². The predicted octanol–water partition coefficient (Wildman–Crippen LogP) is -1.35. The highest BCUT2D eigenvalue weighted by atomic mass is 16.2. The van der Waals surface area contributed by atoms with Gasteiger partial charge in [-0.2, -0.15) is 0 Å². The Kier molecular flexibility index (Phi) is 24.9. The number of carbonyl (C=O) groups is 10. The highest BCUT2D eigenvalue weighted by Gasteiger charge is 2.35. The zero-order chi connectivity index (χ0) is 58.0. The number of imidazole rings is 1. The summed E-state index contributed by atoms with van der Waals surface area (Å²) in [5.41, 5.74) is 19.3. The first-order valence-corrected chi connectivity index (χ1v) is 26.9. The Labute approximate surface area is 463 Å². The number of aromatic nitrogens is 3. The molecule has 0 bridgehead atoms. The molecule has 1 saturated heterocycles. The molecule has 1 aliphatic heterocycles. The second kappa shape index (κ2) is 32.2. The van der Waals surface area contributed by atoms with E-state index in [1.807, 2.05) is 31.2 Å². The Bertz CT molecular complexity index is 2770. The van der Waals surface area contributed by atoms with Crippen LogP contribution < -0.4 is 65.1 Å². The molecule has 0 aliphatic carbocycles. The first-order valence-electron chi connectivity index (χ1n) is 26.9. The molecule has 2 aromatic carbocycles. The van der Waals surface area contributed by atoms with E-state index < -0.39 is 108 Å². The van der Waals surface area contributed by atoms with Crippen molar-refractivity contribution in [3.8, 4) is 0 Å². The summed E-state index contributed by atoms with van der Waals surface area (Å²) in [6, 6.07) is 6.85. The van der Waals surface area contributed by atoms with Gasteiger partial charge in [-0.3, -0.25) is 52.9 Å². The van der Waals surface area contributed by atoms with Gasteiger partial charge in [-0.05, 0) is 62.1 Å². The third-order valence-corrected chi connectivity index (χ3v) is 13.2. The second-order valence-corrected chi connectivity index (χ2v) is 19.7. The van der Waals surface area contributed by atoms with Crippen molar-refractivity contribution in [2.45, 2.75) is 146 Å². The number of nitrogens with one attached hydrogen (secondary N) is 11. The van der Waals surface area contributed by atoms with Crippen LogP contribution in [0.15, 0.2) is 78.3 Å². The number of guanidine groups is 1. The van der Waals surface area contributed by atoms with Gasteiger partial charge >= 0.3 is 0 Å². The molecule has 0 radical (unpaired) electrons. The first kappa shape index (κ1) is 62.0. The van der Waals surface area contributed by atoms with Crippen LogP contribution >= 0.6 is 0 Å². The van der Waals surface area contributed by atoms with E-state index in [9.17, 15) is 47.9 Å². The van der Waals surface area contributed by atoms with Crippen molar-refractivity contribution in [1.29, 1.82) is 0 Å². The minimum Gasteiger partial charge on any atom is -0.370 e. The summed E-state index contributed by atoms with van der Waals surface area (Å²) in [6.45, 7) is 3.24. The molecule has 26 nitrogen and oxygen atoms in total. The van der Waals surface area contributed by atoms with Gasteiger partial charge in [0.2, 0.25) is 59.1 Å². The van der Waals surface area contributed by atoms with E-state index in [2.05, 4.69) is 67.8 Å². The van der Waals surface area contributed by atoms with E-state index in [0.717, 1.165) is 10.9 Å². The molecule has 17 N–H and O–H groups in total. The van der Waals surface area contributed by atoms with Gasteiger partial charge in [0, 0.05) is 81.2 Å². The zero-order valence-electron chi connectivity index (χ0n) is 45.2. The normalized spacial score (nSPS) is 21.3. The number of fused-ring (bicyclic) bond motifs is 1. The number of amides is 10. The van der Waals surface area contributed by atoms with Crippen molar-refractivity contribution in [3.05, 3.63) is 90.1 Å². The number of primary amides is 1. The second-order valence-electron chi connectivity index (χ2n) is 19.7. The number of benzene rings is 2. The fourth-order valence-electron chi connectivity index (χ4n) is 8.97. The highest BCUT2D eigenvalue weighted by Crippen LogP contribution is 2.20. The van der Waals surface area contributed by atoms with Crippen LogP contribution in [0, 0.1) is 0 Å². The van der Waals surface area contributed by atoms with Crippen molar-refractivity contribution in [3.63, 3.8) is 0 Å². The smallest absolute Gasteiger partial charge is 0.243 e. The molecule has 7 atom stereocenters. The topological polar surface area (TPSA) is 414 Å². The Morgan fingerprint density at radius 2 is 1.38 bits per heavy atom. The summed E-state index contributed by atoms with van der Waals surface area (Å²) in [5.74, 6) is -7.48. The Morgan fingerprint density at radius 1 is 0.713 bits per heavy atom. The SMILES string of the molecule is CCCC[C@H](NC(C)=O)C(=O)N[C@H]1CC(=O)NCCCC[C@@H](C(N)=O)NC(=O)CCCNC(=O)[C@H](Cc2c[nH]c3ccccc23)NC(=O)[C@H](CCCN=C(N)N)NC(=O)[C@@H](Cc2ccccc2)NC(=O)[C@H](Cc2cnc[nH]2)NC1=O. The van der Waals surface area contributed by atoms with E-state index in [1.165, 1.54) is 19.4 Å². The summed E-state index contributed by atoms with van der Waals surface area (Å²) in [7, 11) is 0. The number of hydrogen-bond acceptors (Lipinski definition) is 12. The van der Waals surface area contributed by atoms with Crippen molar-refractivity contribution < 1.29 is 47.9 Å². The number of aliphatic imine (C=N–C) groups is 1. The van der Waals surface area contributed by atoms with Crippen LogP contribution in [0.4, 0.5) is 0 Å². The van der Waals surface area contributed by atoms with Gasteiger partial charge in [0.05, 0.1) is 12.7 Å². The molecule has 26 heteroatoms. The lowest BCUT2D eigenvalue weighted by molar-refractivity contribution is -0.136. The number of hydrogen-bond donors (Lipinski definition) is 14. The Balaban J connectivity index is 1.53. The Hall–Kier alpha value is -8.84. The summed E-state index contributed by atoms with van der Waals surface area (Å²) in [6.07, 6.45) is 5.85. The molecule has 0 unspecified atom stereocenters. The number of unbranched alkanes of at least 4 members (excludes halogenated alkanes) is 1. The van der Waals surface area contributed by atoms with Crippen LogP contribution in [0.3, 0.4) is 0 Å². The maximum Gasteiger partial charge on any atom is 0.243 e. The number of carbonyl (C=O) groups excluding carboxylic acids is 10. The van der Waals surface area contributed by atoms with Gasteiger partial charge in [-0.25, -0.2) is 4.98 Å². The van der Waals surface area contributed by atoms with Crippen LogP contribution in [0.25, 0.3) is 10.9 Å². The molecule has 4 aromatic rings. The van der Waals surface area contributed by atoms with E-state index in [-0.39, 0.29) is 83.4 Å². The molecular formula is C54H76N16O10. The first-order chi connectivity index (χ1) is 38.4. The standard InChI is InChI=1S/C54H76N16O10/c1-3-4-17-39(64-32(2)71)49(76)70-44-28-46(73)59-22-11-10-19-38(47(55)74)65-45(72)21-13-23-60-48(75)42(26-34-29-62-37-18-9-8-16-36(34)37)68-50(77)40(20-12-24-61-54(56)57)66-51(78)41(25-33-14-6-5-7-15-33)67-52(79)43(69-53(44)80)27-35-30-58-31-63-35/h5-9,14-16,18,29-31,38-44,62H,3-4,10-13,17,19-28H2,1-2H3,(H2,55,74)(H,58,63)(H,59,73)(H,60,75)(H,64,71)(H,65,72)(H,66,78)(H,67,79)(H,68,77)(H,69,80)(H,70,76)(H4,56,57,61)/t38-,39-,40-,41+,42-,43-,44-/m0/s1. The maximum absolute atomic E-state index is 14.8. The van der Waals surface area contributed by atoms with Crippen LogP contribution in [-0.4, -0.2) is 142 Å². The monoisotopic (exact) mass is 1110 g/mol. The minimum atomic E-state index is -1.61. The molecule has 0 spiro atoms. The number of rotatable bonds is 17. The molecular weight excluding hydrogens is 1030 g/mol. The maximum atomic E-state index is 14.8. The van der Waals surface area contributed by atoms with Crippen molar-refractivity contribution in [1.82, 2.24) is 62.8 Å². The van der Waals surface area contributed by atoms with E-state index in [1.54, 1.807) is 36.5 Å². The van der Waals surface area contributed by atoms with Gasteiger partial charge in [0.25, 0.3) is 0 Å². The summed E-state index contributed by atoms with van der Waals surface area (Å²) >= 11 is 0. The predicted molar refractivity (Wildman–Crippen MR) is 296 cm³/mol. The van der Waals surface area contributed by atoms with Crippen molar-refractivity contribution in [2.24, 2.45) is 22.2 Å². The minimum absolute atomic E-state index is 0.00385. The summed E-state index contributed by atoms with van der Waals surface area (Å²) in [4.78, 5) is 152. The van der Waals surface area contributed by atoms with Crippen molar-refractivity contribution >= 4 is 75.9 Å². The molecule has 2 aromatic heterocycles. The molecule has 1 fully saturated rings. The van der Waals surface area contributed by atoms with Crippen LogP contribution in [-0.2, 0) is 67.2 Å². The number of nitrogens with two attached hydrogens (primary N) is 3. The fraction of sp³-hybridized carbons (Fsp3) is 0.481. The van der Waals surface area contributed by atoms with Gasteiger partial charge < -0.3 is 75.0 Å². The van der Waals surface area contributed by atoms with Crippen LogP contribution in [0.5, 0.6) is 0 Å². The Morgan fingerprint density at radius 3 is 2.06 bits per heavy atom. The van der Waals surface area contributed by atoms with Gasteiger partial charge in [0.15, 0.2) is 5.96 Å².